The van der Waals surface area contributed by atoms with Crippen LogP contribution in [0.15, 0.2) is 30.9 Å². The maximum absolute atomic E-state index is 5.48. The summed E-state index contributed by atoms with van der Waals surface area (Å²) in [5, 5.41) is 3.32. The van der Waals surface area contributed by atoms with E-state index in [-0.39, 0.29) is 0 Å². The van der Waals surface area contributed by atoms with Crippen LogP contribution in [0.5, 0.6) is 5.88 Å². The Morgan fingerprint density at radius 1 is 1.50 bits per heavy atom. The lowest BCUT2D eigenvalue weighted by Crippen LogP contribution is -2.22. The molecule has 1 heterocycles. The number of ether oxygens (including phenoxy) is 1. The second-order valence-corrected chi connectivity index (χ2v) is 3.93. The third-order valence-corrected chi connectivity index (χ3v) is 2.04. The summed E-state index contributed by atoms with van der Waals surface area (Å²) in [6, 6.07) is 6.30. The third-order valence-electron chi connectivity index (χ3n) is 2.04. The van der Waals surface area contributed by atoms with Crippen molar-refractivity contribution < 1.29 is 4.74 Å². The standard InChI is InChI=1S/C13H20N2O/c1-4-5-9-16-13-8-6-7-12(15-13)10-14-11(2)3/h4,6-8,11,14H,1,5,9-10H2,2-3H3. The predicted octanol–water partition coefficient (Wildman–Crippen LogP) is 2.53. The molecule has 0 aliphatic heterocycles. The average Bonchev–Trinajstić information content (AvgIpc) is 2.27. The SMILES string of the molecule is C=CCCOc1cccc(CNC(C)C)n1. The van der Waals surface area contributed by atoms with Crippen LogP contribution in [0.3, 0.4) is 0 Å². The van der Waals surface area contributed by atoms with Gasteiger partial charge in [-0.05, 0) is 12.5 Å². The summed E-state index contributed by atoms with van der Waals surface area (Å²) >= 11 is 0. The molecule has 1 rings (SSSR count). The monoisotopic (exact) mass is 220 g/mol. The number of pyridine rings is 1. The van der Waals surface area contributed by atoms with Gasteiger partial charge in [0.15, 0.2) is 0 Å². The van der Waals surface area contributed by atoms with Crippen LogP contribution in [-0.2, 0) is 6.54 Å². The molecule has 1 N–H and O–H groups in total. The Kier molecular flexibility index (Phi) is 5.57. The molecule has 0 radical (unpaired) electrons. The molecule has 1 aromatic rings. The summed E-state index contributed by atoms with van der Waals surface area (Å²) in [6.45, 7) is 9.29. The van der Waals surface area contributed by atoms with Gasteiger partial charge in [-0.3, -0.25) is 0 Å². The molecule has 0 saturated heterocycles. The van der Waals surface area contributed by atoms with Crippen LogP contribution in [-0.4, -0.2) is 17.6 Å². The molecule has 0 spiro atoms. The van der Waals surface area contributed by atoms with Crippen LogP contribution >= 0.6 is 0 Å². The third kappa shape index (κ3) is 4.94. The zero-order chi connectivity index (χ0) is 11.8. The van der Waals surface area contributed by atoms with Crippen molar-refractivity contribution in [2.24, 2.45) is 0 Å². The average molecular weight is 220 g/mol. The fourth-order valence-corrected chi connectivity index (χ4v) is 1.19. The van der Waals surface area contributed by atoms with Crippen LogP contribution < -0.4 is 10.1 Å². The highest BCUT2D eigenvalue weighted by Gasteiger charge is 1.99. The van der Waals surface area contributed by atoms with E-state index in [0.717, 1.165) is 18.7 Å². The molecule has 88 valence electrons. The summed E-state index contributed by atoms with van der Waals surface area (Å²) < 4.78 is 5.48. The molecule has 0 atom stereocenters. The van der Waals surface area contributed by atoms with Crippen molar-refractivity contribution in [3.05, 3.63) is 36.5 Å². The molecule has 0 bridgehead atoms. The lowest BCUT2D eigenvalue weighted by Gasteiger charge is -2.09. The molecule has 0 unspecified atom stereocenters. The molecule has 0 fully saturated rings. The minimum Gasteiger partial charge on any atom is -0.477 e. The molecule has 0 saturated carbocycles. The van der Waals surface area contributed by atoms with Crippen molar-refractivity contribution in [2.45, 2.75) is 32.9 Å². The maximum atomic E-state index is 5.48. The topological polar surface area (TPSA) is 34.1 Å². The van der Waals surface area contributed by atoms with E-state index in [1.165, 1.54) is 0 Å². The van der Waals surface area contributed by atoms with Gasteiger partial charge in [-0.1, -0.05) is 26.0 Å². The Balaban J connectivity index is 2.46. The first kappa shape index (κ1) is 12.7. The van der Waals surface area contributed by atoms with Crippen LogP contribution in [0, 0.1) is 0 Å². The first-order chi connectivity index (χ1) is 7.72. The van der Waals surface area contributed by atoms with E-state index in [1.807, 2.05) is 24.3 Å². The van der Waals surface area contributed by atoms with Gasteiger partial charge in [0.2, 0.25) is 5.88 Å². The first-order valence-corrected chi connectivity index (χ1v) is 5.65. The molecule has 0 aliphatic carbocycles. The lowest BCUT2D eigenvalue weighted by molar-refractivity contribution is 0.311. The number of nitrogens with one attached hydrogen (secondary N) is 1. The number of hydrogen-bond donors (Lipinski definition) is 1. The highest BCUT2D eigenvalue weighted by molar-refractivity contribution is 5.15. The zero-order valence-corrected chi connectivity index (χ0v) is 10.1. The normalized spacial score (nSPS) is 10.4. The summed E-state index contributed by atoms with van der Waals surface area (Å²) in [5.74, 6) is 0.685. The Morgan fingerprint density at radius 3 is 3.00 bits per heavy atom. The Hall–Kier alpha value is -1.35. The van der Waals surface area contributed by atoms with Gasteiger partial charge in [0, 0.05) is 18.7 Å². The highest BCUT2D eigenvalue weighted by atomic mass is 16.5. The van der Waals surface area contributed by atoms with Gasteiger partial charge < -0.3 is 10.1 Å². The van der Waals surface area contributed by atoms with Gasteiger partial charge in [0.25, 0.3) is 0 Å². The first-order valence-electron chi connectivity index (χ1n) is 5.65. The second-order valence-electron chi connectivity index (χ2n) is 3.93. The van der Waals surface area contributed by atoms with Gasteiger partial charge >= 0.3 is 0 Å². The summed E-state index contributed by atoms with van der Waals surface area (Å²) in [5.41, 5.74) is 1.00. The van der Waals surface area contributed by atoms with Crippen molar-refractivity contribution in [1.82, 2.24) is 10.3 Å². The van der Waals surface area contributed by atoms with E-state index in [0.29, 0.717) is 18.5 Å². The summed E-state index contributed by atoms with van der Waals surface area (Å²) in [4.78, 5) is 4.40. The van der Waals surface area contributed by atoms with Gasteiger partial charge in [0.1, 0.15) is 0 Å². The minimum absolute atomic E-state index is 0.465. The van der Waals surface area contributed by atoms with Gasteiger partial charge in [-0.25, -0.2) is 4.98 Å². The molecule has 0 aromatic carbocycles. The van der Waals surface area contributed by atoms with E-state index < -0.39 is 0 Å². The van der Waals surface area contributed by atoms with E-state index in [9.17, 15) is 0 Å². The van der Waals surface area contributed by atoms with Crippen LogP contribution in [0.1, 0.15) is 26.0 Å². The second kappa shape index (κ2) is 7.01. The highest BCUT2D eigenvalue weighted by Crippen LogP contribution is 2.08. The Labute approximate surface area is 97.5 Å². The van der Waals surface area contributed by atoms with Gasteiger partial charge in [-0.2, -0.15) is 0 Å². The van der Waals surface area contributed by atoms with Crippen molar-refractivity contribution in [1.29, 1.82) is 0 Å². The van der Waals surface area contributed by atoms with E-state index >= 15 is 0 Å². The minimum atomic E-state index is 0.465. The van der Waals surface area contributed by atoms with E-state index in [4.69, 9.17) is 4.74 Å². The molecular formula is C13H20N2O. The fourth-order valence-electron chi connectivity index (χ4n) is 1.19. The molecule has 3 nitrogen and oxygen atoms in total. The number of rotatable bonds is 7. The van der Waals surface area contributed by atoms with Crippen molar-refractivity contribution in [3.63, 3.8) is 0 Å². The fraction of sp³-hybridized carbons (Fsp3) is 0.462. The number of hydrogen-bond acceptors (Lipinski definition) is 3. The van der Waals surface area contributed by atoms with Gasteiger partial charge in [-0.15, -0.1) is 6.58 Å². The zero-order valence-electron chi connectivity index (χ0n) is 10.1. The number of aromatic nitrogens is 1. The van der Waals surface area contributed by atoms with Crippen molar-refractivity contribution in [3.8, 4) is 5.88 Å². The van der Waals surface area contributed by atoms with Crippen molar-refractivity contribution >= 4 is 0 Å². The van der Waals surface area contributed by atoms with E-state index in [2.05, 4.69) is 30.7 Å². The predicted molar refractivity (Wildman–Crippen MR) is 66.5 cm³/mol. The van der Waals surface area contributed by atoms with Crippen LogP contribution in [0.4, 0.5) is 0 Å². The number of nitrogens with zero attached hydrogens (tertiary/aromatic N) is 1. The molecular weight excluding hydrogens is 200 g/mol. The summed E-state index contributed by atoms with van der Waals surface area (Å²) in [6.07, 6.45) is 2.68. The van der Waals surface area contributed by atoms with Crippen LogP contribution in [0.2, 0.25) is 0 Å². The van der Waals surface area contributed by atoms with Crippen molar-refractivity contribution in [2.75, 3.05) is 6.61 Å². The smallest absolute Gasteiger partial charge is 0.213 e. The van der Waals surface area contributed by atoms with Gasteiger partial charge in [0.05, 0.1) is 12.3 Å². The quantitative estimate of drug-likeness (QED) is 0.566. The largest absolute Gasteiger partial charge is 0.477 e. The van der Waals surface area contributed by atoms with E-state index in [1.54, 1.807) is 0 Å². The molecule has 0 amide bonds. The molecule has 16 heavy (non-hydrogen) atoms. The Bertz CT molecular complexity index is 323. The maximum Gasteiger partial charge on any atom is 0.213 e. The Morgan fingerprint density at radius 2 is 2.31 bits per heavy atom. The molecule has 3 heteroatoms. The summed E-state index contributed by atoms with van der Waals surface area (Å²) in [7, 11) is 0. The van der Waals surface area contributed by atoms with Crippen LogP contribution in [0.25, 0.3) is 0 Å². The molecule has 1 aromatic heterocycles. The molecule has 0 aliphatic rings. The lowest BCUT2D eigenvalue weighted by atomic mass is 10.3.